The molecule has 0 spiro atoms. The van der Waals surface area contributed by atoms with Gasteiger partial charge in [-0.15, -0.1) is 11.3 Å². The molecule has 2 aliphatic rings. The van der Waals surface area contributed by atoms with Crippen molar-refractivity contribution < 1.29 is 4.74 Å². The first-order chi connectivity index (χ1) is 13.8. The molecule has 2 fully saturated rings. The van der Waals surface area contributed by atoms with Gasteiger partial charge in [0.05, 0.1) is 13.2 Å². The van der Waals surface area contributed by atoms with Crippen molar-refractivity contribution in [1.29, 1.82) is 0 Å². The number of nitrogens with one attached hydrogen (secondary N) is 2. The Morgan fingerprint density at radius 3 is 2.93 bits per heavy atom. The second-order valence-corrected chi connectivity index (χ2v) is 8.81. The molecule has 6 nitrogen and oxygen atoms in total. The Labute approximate surface area is 174 Å². The summed E-state index contributed by atoms with van der Waals surface area (Å²) < 4.78 is 5.41. The van der Waals surface area contributed by atoms with Crippen LogP contribution in [0.25, 0.3) is 0 Å². The second kappa shape index (κ2) is 12.4. The molecule has 2 saturated heterocycles. The number of ether oxygens (including phenoxy) is 1. The molecule has 2 N–H and O–H groups in total. The zero-order chi connectivity index (χ0) is 19.4. The van der Waals surface area contributed by atoms with E-state index in [1.807, 2.05) is 11.3 Å². The molecule has 7 heteroatoms. The van der Waals surface area contributed by atoms with E-state index in [2.05, 4.69) is 44.9 Å². The third-order valence-corrected chi connectivity index (χ3v) is 6.32. The summed E-state index contributed by atoms with van der Waals surface area (Å²) in [6, 6.07) is 4.40. The van der Waals surface area contributed by atoms with Gasteiger partial charge in [-0.3, -0.25) is 14.8 Å². The van der Waals surface area contributed by atoms with E-state index in [-0.39, 0.29) is 0 Å². The van der Waals surface area contributed by atoms with Crippen molar-refractivity contribution in [2.45, 2.75) is 32.7 Å². The van der Waals surface area contributed by atoms with Crippen molar-refractivity contribution in [3.8, 4) is 0 Å². The topological polar surface area (TPSA) is 52.1 Å². The molecular formula is C21H37N5OS. The third-order valence-electron chi connectivity index (χ3n) is 5.46. The summed E-state index contributed by atoms with van der Waals surface area (Å²) in [6.07, 6.45) is 3.72. The van der Waals surface area contributed by atoms with Crippen molar-refractivity contribution in [3.05, 3.63) is 22.4 Å². The Hall–Kier alpha value is -1.15. The van der Waals surface area contributed by atoms with E-state index in [0.717, 1.165) is 78.0 Å². The highest BCUT2D eigenvalue weighted by Gasteiger charge is 2.20. The van der Waals surface area contributed by atoms with Gasteiger partial charge in [-0.1, -0.05) is 6.07 Å². The lowest BCUT2D eigenvalue weighted by Gasteiger charge is -2.31. The number of nitrogens with zero attached hydrogens (tertiary/aromatic N) is 3. The van der Waals surface area contributed by atoms with Gasteiger partial charge >= 0.3 is 0 Å². The van der Waals surface area contributed by atoms with Crippen LogP contribution < -0.4 is 10.6 Å². The molecular weight excluding hydrogens is 370 g/mol. The van der Waals surface area contributed by atoms with Crippen LogP contribution in [-0.4, -0.2) is 81.3 Å². The summed E-state index contributed by atoms with van der Waals surface area (Å²) in [5, 5.41) is 9.09. The quantitative estimate of drug-likeness (QED) is 0.374. The van der Waals surface area contributed by atoms with Gasteiger partial charge in [0.2, 0.25) is 0 Å². The number of rotatable bonds is 9. The average Bonchev–Trinajstić information content (AvgIpc) is 3.23. The Bertz CT molecular complexity index is 559. The van der Waals surface area contributed by atoms with Crippen LogP contribution in [-0.2, 0) is 11.3 Å². The maximum absolute atomic E-state index is 5.41. The average molecular weight is 408 g/mol. The molecule has 0 bridgehead atoms. The Morgan fingerprint density at radius 1 is 1.25 bits per heavy atom. The fourth-order valence-electron chi connectivity index (χ4n) is 3.96. The normalized spacial score (nSPS) is 22.3. The molecule has 1 unspecified atom stereocenters. The molecule has 0 amide bonds. The van der Waals surface area contributed by atoms with E-state index in [4.69, 9.17) is 9.73 Å². The number of thiophene rings is 1. The molecule has 158 valence electrons. The predicted octanol–water partition coefficient (Wildman–Crippen LogP) is 2.24. The van der Waals surface area contributed by atoms with Gasteiger partial charge in [-0.25, -0.2) is 0 Å². The first-order valence-corrected chi connectivity index (χ1v) is 11.8. The van der Waals surface area contributed by atoms with Crippen LogP contribution in [0.15, 0.2) is 22.5 Å². The van der Waals surface area contributed by atoms with Crippen LogP contribution in [0.4, 0.5) is 0 Å². The highest BCUT2D eigenvalue weighted by Crippen LogP contribution is 2.20. The number of guanidine groups is 1. The molecule has 1 aromatic heterocycles. The van der Waals surface area contributed by atoms with E-state index in [9.17, 15) is 0 Å². The summed E-state index contributed by atoms with van der Waals surface area (Å²) in [5.74, 6) is 1.64. The van der Waals surface area contributed by atoms with Gasteiger partial charge in [-0.2, -0.15) is 0 Å². The van der Waals surface area contributed by atoms with Crippen LogP contribution >= 0.6 is 11.3 Å². The first-order valence-electron chi connectivity index (χ1n) is 10.9. The smallest absolute Gasteiger partial charge is 0.191 e. The molecule has 1 atom stereocenters. The maximum Gasteiger partial charge on any atom is 0.191 e. The summed E-state index contributed by atoms with van der Waals surface area (Å²) in [4.78, 5) is 11.4. The standard InChI is InChI=1S/C21H37N5OS/c1-2-22-21(23-8-5-10-25-11-13-27-14-12-25)24-16-19-6-3-9-26(17-19)18-20-7-4-15-28-20/h4,7,15,19H,2-3,5-6,8-14,16-18H2,1H3,(H2,22,23,24). The summed E-state index contributed by atoms with van der Waals surface area (Å²) in [6.45, 7) is 13.4. The maximum atomic E-state index is 5.41. The lowest BCUT2D eigenvalue weighted by molar-refractivity contribution is 0.0376. The number of aliphatic imine (C=N–C) groups is 1. The number of piperidine rings is 1. The zero-order valence-corrected chi connectivity index (χ0v) is 18.2. The molecule has 3 heterocycles. The largest absolute Gasteiger partial charge is 0.379 e. The van der Waals surface area contributed by atoms with E-state index in [1.165, 1.54) is 24.3 Å². The van der Waals surface area contributed by atoms with E-state index < -0.39 is 0 Å². The molecule has 0 aliphatic carbocycles. The van der Waals surface area contributed by atoms with Crippen LogP contribution in [0.5, 0.6) is 0 Å². The molecule has 0 radical (unpaired) electrons. The SMILES string of the molecule is CCNC(=NCC1CCCN(Cc2cccs2)C1)NCCCN1CCOCC1. The fraction of sp³-hybridized carbons (Fsp3) is 0.762. The molecule has 1 aromatic rings. The molecule has 0 saturated carbocycles. The summed E-state index contributed by atoms with van der Waals surface area (Å²) in [7, 11) is 0. The van der Waals surface area contributed by atoms with E-state index in [1.54, 1.807) is 0 Å². The van der Waals surface area contributed by atoms with Crippen molar-refractivity contribution in [2.75, 3.05) is 65.6 Å². The third kappa shape index (κ3) is 7.70. The van der Waals surface area contributed by atoms with Gasteiger partial charge in [0.1, 0.15) is 0 Å². The van der Waals surface area contributed by atoms with E-state index >= 15 is 0 Å². The minimum atomic E-state index is 0.664. The van der Waals surface area contributed by atoms with Gasteiger partial charge < -0.3 is 15.4 Å². The van der Waals surface area contributed by atoms with Crippen molar-refractivity contribution in [2.24, 2.45) is 10.9 Å². The van der Waals surface area contributed by atoms with Gasteiger partial charge in [0.25, 0.3) is 0 Å². The van der Waals surface area contributed by atoms with Crippen molar-refractivity contribution in [3.63, 3.8) is 0 Å². The minimum absolute atomic E-state index is 0.664. The predicted molar refractivity (Wildman–Crippen MR) is 118 cm³/mol. The van der Waals surface area contributed by atoms with Crippen LogP contribution in [0.1, 0.15) is 31.1 Å². The van der Waals surface area contributed by atoms with Crippen LogP contribution in [0, 0.1) is 5.92 Å². The molecule has 28 heavy (non-hydrogen) atoms. The molecule has 2 aliphatic heterocycles. The summed E-state index contributed by atoms with van der Waals surface area (Å²) >= 11 is 1.86. The number of morpholine rings is 1. The minimum Gasteiger partial charge on any atom is -0.379 e. The zero-order valence-electron chi connectivity index (χ0n) is 17.4. The fourth-order valence-corrected chi connectivity index (χ4v) is 4.71. The van der Waals surface area contributed by atoms with Crippen molar-refractivity contribution >= 4 is 17.3 Å². The lowest BCUT2D eigenvalue weighted by Crippen LogP contribution is -2.41. The molecule has 0 aromatic carbocycles. The van der Waals surface area contributed by atoms with Gasteiger partial charge in [-0.05, 0) is 56.6 Å². The number of likely N-dealkylation sites (tertiary alicyclic amines) is 1. The number of hydrogen-bond acceptors (Lipinski definition) is 5. The van der Waals surface area contributed by atoms with Crippen LogP contribution in [0.3, 0.4) is 0 Å². The van der Waals surface area contributed by atoms with Crippen molar-refractivity contribution in [1.82, 2.24) is 20.4 Å². The first kappa shape index (κ1) is 21.6. The Balaban J connectivity index is 1.37. The van der Waals surface area contributed by atoms with E-state index in [0.29, 0.717) is 5.92 Å². The lowest BCUT2D eigenvalue weighted by atomic mass is 9.98. The van der Waals surface area contributed by atoms with Crippen LogP contribution in [0.2, 0.25) is 0 Å². The van der Waals surface area contributed by atoms with Gasteiger partial charge in [0.15, 0.2) is 5.96 Å². The summed E-state index contributed by atoms with van der Waals surface area (Å²) in [5.41, 5.74) is 0. The monoisotopic (exact) mass is 407 g/mol. The molecule has 3 rings (SSSR count). The Morgan fingerprint density at radius 2 is 2.14 bits per heavy atom. The number of hydrogen-bond donors (Lipinski definition) is 2. The Kier molecular flexibility index (Phi) is 9.56. The van der Waals surface area contributed by atoms with Gasteiger partial charge in [0, 0.05) is 50.7 Å². The highest BCUT2D eigenvalue weighted by atomic mass is 32.1. The second-order valence-electron chi connectivity index (χ2n) is 7.78. The highest BCUT2D eigenvalue weighted by molar-refractivity contribution is 7.09.